The van der Waals surface area contributed by atoms with E-state index >= 15 is 0 Å². The summed E-state index contributed by atoms with van der Waals surface area (Å²) in [5, 5.41) is 7.89. The molecule has 0 aliphatic carbocycles. The van der Waals surface area contributed by atoms with Gasteiger partial charge in [0.15, 0.2) is 0 Å². The van der Waals surface area contributed by atoms with Crippen LogP contribution in [0.2, 0.25) is 0 Å². The van der Waals surface area contributed by atoms with Gasteiger partial charge in [0.1, 0.15) is 0 Å². The van der Waals surface area contributed by atoms with Crippen molar-refractivity contribution in [2.24, 2.45) is 0 Å². The van der Waals surface area contributed by atoms with Crippen LogP contribution in [-0.2, 0) is 4.79 Å². The molecule has 0 aromatic rings. The van der Waals surface area contributed by atoms with E-state index in [-0.39, 0.29) is 5.57 Å². The van der Waals surface area contributed by atoms with Crippen LogP contribution in [0, 0.1) is 0 Å². The first-order valence-electron chi connectivity index (χ1n) is 5.06. The summed E-state index contributed by atoms with van der Waals surface area (Å²) in [6.45, 7) is 8.91. The predicted octanol–water partition coefficient (Wildman–Crippen LogP) is 3.79. The van der Waals surface area contributed by atoms with E-state index in [0.717, 1.165) is 0 Å². The highest BCUT2D eigenvalue weighted by molar-refractivity contribution is 5.84. The van der Waals surface area contributed by atoms with Gasteiger partial charge in [-0.2, -0.15) is 0 Å². The molecule has 0 aromatic carbocycles. The minimum Gasteiger partial charge on any atom is -0.478 e. The lowest BCUT2D eigenvalue weighted by atomic mass is 10.2. The average Bonchev–Trinajstić information content (AvgIpc) is 2.13. The van der Waals surface area contributed by atoms with Crippen molar-refractivity contribution in [1.29, 1.82) is 0 Å². The van der Waals surface area contributed by atoms with E-state index in [1.54, 1.807) is 0 Å². The first kappa shape index (κ1) is 15.4. The van der Waals surface area contributed by atoms with E-state index in [2.05, 4.69) is 32.6 Å². The number of carbonyl (C=O) groups is 1. The minimum absolute atomic E-state index is 0.176. The number of allylic oxidation sites excluding steroid dienone is 2. The molecule has 0 aliphatic heterocycles. The highest BCUT2D eigenvalue weighted by Crippen LogP contribution is 1.98. The third-order valence-corrected chi connectivity index (χ3v) is 1.58. The smallest absolute Gasteiger partial charge is 0.330 e. The van der Waals surface area contributed by atoms with Crippen molar-refractivity contribution in [1.82, 2.24) is 0 Å². The summed E-state index contributed by atoms with van der Waals surface area (Å²) >= 11 is 0. The highest BCUT2D eigenvalue weighted by Gasteiger charge is 1.90. The molecule has 0 rings (SSSR count). The number of carboxylic acids is 1. The van der Waals surface area contributed by atoms with Crippen molar-refractivity contribution in [3.63, 3.8) is 0 Å². The van der Waals surface area contributed by atoms with Gasteiger partial charge in [-0.3, -0.25) is 0 Å². The third-order valence-electron chi connectivity index (χ3n) is 1.58. The van der Waals surface area contributed by atoms with Crippen molar-refractivity contribution in [2.75, 3.05) is 0 Å². The van der Waals surface area contributed by atoms with E-state index in [9.17, 15) is 4.79 Å². The summed E-state index contributed by atoms with van der Waals surface area (Å²) in [5.41, 5.74) is 0.176. The topological polar surface area (TPSA) is 37.3 Å². The Morgan fingerprint density at radius 3 is 2.21 bits per heavy atom. The van der Waals surface area contributed by atoms with Gasteiger partial charge in [0.05, 0.1) is 0 Å². The molecular formula is C12H22O2. The molecule has 0 spiro atoms. The molecule has 0 unspecified atom stereocenters. The van der Waals surface area contributed by atoms with E-state index in [1.165, 1.54) is 32.6 Å². The molecule has 0 atom stereocenters. The summed E-state index contributed by atoms with van der Waals surface area (Å²) in [4.78, 5) is 9.60. The first-order chi connectivity index (χ1) is 6.56. The third kappa shape index (κ3) is 17.2. The van der Waals surface area contributed by atoms with Crippen LogP contribution in [0.5, 0.6) is 0 Å². The Morgan fingerprint density at radius 1 is 1.43 bits per heavy atom. The molecular weight excluding hydrogens is 176 g/mol. The summed E-state index contributed by atoms with van der Waals surface area (Å²) in [7, 11) is 0. The Bertz CT molecular complexity index is 169. The molecule has 2 heteroatoms. The van der Waals surface area contributed by atoms with Crippen LogP contribution in [0.15, 0.2) is 24.3 Å². The molecule has 0 aliphatic rings. The second-order valence-electron chi connectivity index (χ2n) is 3.15. The monoisotopic (exact) mass is 198 g/mol. The zero-order valence-corrected chi connectivity index (χ0v) is 9.55. The van der Waals surface area contributed by atoms with Crippen molar-refractivity contribution in [3.05, 3.63) is 24.3 Å². The van der Waals surface area contributed by atoms with Crippen molar-refractivity contribution >= 4 is 5.97 Å². The largest absolute Gasteiger partial charge is 0.478 e. The summed E-state index contributed by atoms with van der Waals surface area (Å²) in [6, 6.07) is 0. The first-order valence-corrected chi connectivity index (χ1v) is 5.06. The normalized spacial score (nSPS) is 9.36. The maximum Gasteiger partial charge on any atom is 0.330 e. The number of hydrogen-bond acceptors (Lipinski definition) is 1. The lowest BCUT2D eigenvalue weighted by molar-refractivity contribution is -0.132. The van der Waals surface area contributed by atoms with Gasteiger partial charge in [-0.1, -0.05) is 38.5 Å². The van der Waals surface area contributed by atoms with E-state index in [1.807, 2.05) is 0 Å². The molecule has 2 nitrogen and oxygen atoms in total. The Labute approximate surface area is 87.3 Å². The Morgan fingerprint density at radius 2 is 1.93 bits per heavy atom. The lowest BCUT2D eigenvalue weighted by Gasteiger charge is -1.88. The van der Waals surface area contributed by atoms with E-state index < -0.39 is 5.97 Å². The molecule has 1 N–H and O–H groups in total. The standard InChI is InChI=1S/C8H16.C4H6O2/c1-3-5-7-8-6-4-2;1-3(2)4(5)6/h3,5H,4,6-8H2,1-2H3;1H2,2H3,(H,5,6)/b5-3+;. The number of rotatable bonds is 5. The van der Waals surface area contributed by atoms with Gasteiger partial charge in [0.2, 0.25) is 0 Å². The predicted molar refractivity (Wildman–Crippen MR) is 61.4 cm³/mol. The Balaban J connectivity index is 0. The van der Waals surface area contributed by atoms with Crippen LogP contribution in [0.25, 0.3) is 0 Å². The van der Waals surface area contributed by atoms with Gasteiger partial charge in [-0.15, -0.1) is 0 Å². The van der Waals surface area contributed by atoms with Gasteiger partial charge in [-0.25, -0.2) is 4.79 Å². The lowest BCUT2D eigenvalue weighted by Crippen LogP contribution is -1.92. The summed E-state index contributed by atoms with van der Waals surface area (Å²) in [5.74, 6) is -0.935. The van der Waals surface area contributed by atoms with Gasteiger partial charge >= 0.3 is 5.97 Å². The molecule has 0 amide bonds. The summed E-state index contributed by atoms with van der Waals surface area (Å²) < 4.78 is 0. The summed E-state index contributed by atoms with van der Waals surface area (Å²) in [6.07, 6.45) is 9.69. The molecule has 0 saturated carbocycles. The van der Waals surface area contributed by atoms with Gasteiger partial charge in [0.25, 0.3) is 0 Å². The number of hydrogen-bond donors (Lipinski definition) is 1. The van der Waals surface area contributed by atoms with Crippen LogP contribution in [-0.4, -0.2) is 11.1 Å². The van der Waals surface area contributed by atoms with Crippen LogP contribution < -0.4 is 0 Å². The van der Waals surface area contributed by atoms with Gasteiger partial charge < -0.3 is 5.11 Å². The molecule has 0 bridgehead atoms. The second-order valence-corrected chi connectivity index (χ2v) is 3.15. The van der Waals surface area contributed by atoms with Crippen molar-refractivity contribution in [3.8, 4) is 0 Å². The van der Waals surface area contributed by atoms with Crippen LogP contribution in [0.1, 0.15) is 46.5 Å². The van der Waals surface area contributed by atoms with Gasteiger partial charge in [0, 0.05) is 5.57 Å². The minimum atomic E-state index is -0.935. The molecule has 0 radical (unpaired) electrons. The van der Waals surface area contributed by atoms with E-state index in [4.69, 9.17) is 5.11 Å². The van der Waals surface area contributed by atoms with Crippen LogP contribution >= 0.6 is 0 Å². The number of unbranched alkanes of at least 4 members (excludes halogenated alkanes) is 3. The molecule has 0 saturated heterocycles. The van der Waals surface area contributed by atoms with Crippen molar-refractivity contribution in [2.45, 2.75) is 46.5 Å². The Hall–Kier alpha value is -1.05. The second kappa shape index (κ2) is 11.9. The molecule has 14 heavy (non-hydrogen) atoms. The molecule has 0 heterocycles. The zero-order valence-electron chi connectivity index (χ0n) is 9.55. The van der Waals surface area contributed by atoms with Gasteiger partial charge in [-0.05, 0) is 26.7 Å². The van der Waals surface area contributed by atoms with E-state index in [0.29, 0.717) is 0 Å². The average molecular weight is 198 g/mol. The fourth-order valence-corrected chi connectivity index (χ4v) is 0.679. The maximum absolute atomic E-state index is 9.60. The number of carboxylic acid groups (broad SMARTS) is 1. The highest BCUT2D eigenvalue weighted by atomic mass is 16.4. The quantitative estimate of drug-likeness (QED) is 0.414. The zero-order chi connectivity index (χ0) is 11.4. The Kier molecular flexibility index (Phi) is 13.2. The van der Waals surface area contributed by atoms with Crippen molar-refractivity contribution < 1.29 is 9.90 Å². The molecule has 82 valence electrons. The van der Waals surface area contributed by atoms with Crippen LogP contribution in [0.3, 0.4) is 0 Å². The molecule has 0 fully saturated rings. The fourth-order valence-electron chi connectivity index (χ4n) is 0.679. The SMILES string of the molecule is C/C=C/CCCCC.C=C(C)C(=O)O. The number of aliphatic carboxylic acids is 1. The van der Waals surface area contributed by atoms with Crippen LogP contribution in [0.4, 0.5) is 0 Å². The molecule has 0 aromatic heterocycles. The maximum atomic E-state index is 9.60. The fraction of sp³-hybridized carbons (Fsp3) is 0.583.